The molecule has 106 valence electrons. The van der Waals surface area contributed by atoms with Crippen molar-refractivity contribution in [2.24, 2.45) is 5.73 Å². The van der Waals surface area contributed by atoms with E-state index in [-0.39, 0.29) is 0 Å². The minimum atomic E-state index is 0.567. The molecule has 0 spiro atoms. The summed E-state index contributed by atoms with van der Waals surface area (Å²) in [6.45, 7) is 1.28. The summed E-state index contributed by atoms with van der Waals surface area (Å²) >= 11 is 5.12. The van der Waals surface area contributed by atoms with Crippen LogP contribution in [0.4, 0.5) is 0 Å². The third-order valence-electron chi connectivity index (χ3n) is 2.67. The van der Waals surface area contributed by atoms with Crippen LogP contribution in [0.2, 0.25) is 0 Å². The van der Waals surface area contributed by atoms with Crippen molar-refractivity contribution in [1.82, 2.24) is 4.98 Å². The molecule has 20 heavy (non-hydrogen) atoms. The van der Waals surface area contributed by atoms with E-state index in [1.807, 2.05) is 42.6 Å². The lowest BCUT2D eigenvalue weighted by Crippen LogP contribution is -2.00. The molecular weight excluding hydrogens is 336 g/mol. The molecule has 0 fully saturated rings. The molecule has 1 heterocycles. The zero-order valence-corrected chi connectivity index (χ0v) is 13.5. The van der Waals surface area contributed by atoms with Crippen molar-refractivity contribution < 1.29 is 4.74 Å². The Morgan fingerprint density at radius 3 is 2.60 bits per heavy atom. The smallest absolute Gasteiger partial charge is 0.119 e. The van der Waals surface area contributed by atoms with Crippen LogP contribution < -0.4 is 10.5 Å². The predicted octanol–water partition coefficient (Wildman–Crippen LogP) is 3.86. The standard InChI is InChI=1S/C15H17BrN2OS/c16-13-4-7-15(18-11-13)20-9-1-8-19-14-5-2-12(10-17)3-6-14/h2-7,11H,1,8-10,17H2. The van der Waals surface area contributed by atoms with Crippen molar-refractivity contribution in [3.8, 4) is 5.75 Å². The van der Waals surface area contributed by atoms with Gasteiger partial charge in [0.25, 0.3) is 0 Å². The van der Waals surface area contributed by atoms with Gasteiger partial charge >= 0.3 is 0 Å². The lowest BCUT2D eigenvalue weighted by Gasteiger charge is -2.06. The summed E-state index contributed by atoms with van der Waals surface area (Å²) in [4.78, 5) is 4.32. The molecule has 3 nitrogen and oxygen atoms in total. The first-order valence-electron chi connectivity index (χ1n) is 6.44. The van der Waals surface area contributed by atoms with Gasteiger partial charge in [-0.3, -0.25) is 0 Å². The summed E-state index contributed by atoms with van der Waals surface area (Å²) < 4.78 is 6.69. The van der Waals surface area contributed by atoms with Crippen LogP contribution in [0.25, 0.3) is 0 Å². The maximum Gasteiger partial charge on any atom is 0.119 e. The quantitative estimate of drug-likeness (QED) is 0.607. The van der Waals surface area contributed by atoms with Crippen LogP contribution in [-0.4, -0.2) is 17.3 Å². The highest BCUT2D eigenvalue weighted by atomic mass is 79.9. The number of aromatic nitrogens is 1. The SMILES string of the molecule is NCc1ccc(OCCCSc2ccc(Br)cn2)cc1. The average Bonchev–Trinajstić information content (AvgIpc) is 2.49. The first kappa shape index (κ1) is 15.4. The molecule has 0 saturated carbocycles. The Labute approximate surface area is 132 Å². The van der Waals surface area contributed by atoms with E-state index in [1.165, 1.54) is 0 Å². The second kappa shape index (κ2) is 8.29. The molecule has 0 aliphatic heterocycles. The van der Waals surface area contributed by atoms with Gasteiger partial charge in [-0.25, -0.2) is 4.98 Å². The van der Waals surface area contributed by atoms with Gasteiger partial charge in [-0.15, -0.1) is 11.8 Å². The first-order valence-corrected chi connectivity index (χ1v) is 8.22. The van der Waals surface area contributed by atoms with E-state index < -0.39 is 0 Å². The lowest BCUT2D eigenvalue weighted by molar-refractivity contribution is 0.318. The predicted molar refractivity (Wildman–Crippen MR) is 87.1 cm³/mol. The van der Waals surface area contributed by atoms with Crippen molar-refractivity contribution in [2.45, 2.75) is 18.0 Å². The molecule has 1 aromatic carbocycles. The van der Waals surface area contributed by atoms with E-state index in [2.05, 4.69) is 20.9 Å². The minimum absolute atomic E-state index is 0.567. The highest BCUT2D eigenvalue weighted by Crippen LogP contribution is 2.18. The van der Waals surface area contributed by atoms with Crippen LogP contribution in [-0.2, 0) is 6.54 Å². The minimum Gasteiger partial charge on any atom is -0.494 e. The number of rotatable bonds is 7. The number of nitrogens with zero attached hydrogens (tertiary/aromatic N) is 1. The molecule has 0 unspecified atom stereocenters. The van der Waals surface area contributed by atoms with E-state index in [0.717, 1.165) is 33.0 Å². The van der Waals surface area contributed by atoms with Crippen LogP contribution in [0.5, 0.6) is 5.75 Å². The highest BCUT2D eigenvalue weighted by Gasteiger charge is 1.97. The summed E-state index contributed by atoms with van der Waals surface area (Å²) in [6.07, 6.45) is 2.80. The Hall–Kier alpha value is -1.04. The number of nitrogens with two attached hydrogens (primary N) is 1. The number of benzene rings is 1. The fourth-order valence-corrected chi connectivity index (χ4v) is 2.59. The molecule has 2 N–H and O–H groups in total. The zero-order chi connectivity index (χ0) is 14.2. The number of pyridine rings is 1. The first-order chi connectivity index (χ1) is 9.78. The third-order valence-corrected chi connectivity index (χ3v) is 4.17. The summed E-state index contributed by atoms with van der Waals surface area (Å²) in [5.41, 5.74) is 6.67. The van der Waals surface area contributed by atoms with E-state index in [0.29, 0.717) is 13.2 Å². The van der Waals surface area contributed by atoms with Crippen LogP contribution in [0.15, 0.2) is 52.1 Å². The Kier molecular flexibility index (Phi) is 6.36. The second-order valence-corrected chi connectivity index (χ2v) is 6.24. The Bertz CT molecular complexity index is 516. The van der Waals surface area contributed by atoms with Crippen molar-refractivity contribution in [3.05, 3.63) is 52.6 Å². The topological polar surface area (TPSA) is 48.1 Å². The molecule has 0 atom stereocenters. The summed E-state index contributed by atoms with van der Waals surface area (Å²) in [7, 11) is 0. The van der Waals surface area contributed by atoms with Crippen molar-refractivity contribution >= 4 is 27.7 Å². The van der Waals surface area contributed by atoms with Gasteiger partial charge in [0.15, 0.2) is 0 Å². The van der Waals surface area contributed by atoms with Crippen LogP contribution in [0.3, 0.4) is 0 Å². The summed E-state index contributed by atoms with van der Waals surface area (Å²) in [5.74, 6) is 1.89. The molecular formula is C15H17BrN2OS. The molecule has 2 aromatic rings. The molecule has 0 radical (unpaired) electrons. The van der Waals surface area contributed by atoms with Gasteiger partial charge in [0.05, 0.1) is 11.6 Å². The molecule has 0 saturated heterocycles. The molecule has 0 aliphatic rings. The number of thioether (sulfide) groups is 1. The number of halogens is 1. The van der Waals surface area contributed by atoms with E-state index in [1.54, 1.807) is 11.8 Å². The van der Waals surface area contributed by atoms with Crippen LogP contribution >= 0.6 is 27.7 Å². The largest absolute Gasteiger partial charge is 0.494 e. The zero-order valence-electron chi connectivity index (χ0n) is 11.1. The Balaban J connectivity index is 1.64. The van der Waals surface area contributed by atoms with Gasteiger partial charge in [-0.2, -0.15) is 0 Å². The average molecular weight is 353 g/mol. The highest BCUT2D eigenvalue weighted by molar-refractivity contribution is 9.10. The van der Waals surface area contributed by atoms with E-state index in [9.17, 15) is 0 Å². The number of hydrogen-bond acceptors (Lipinski definition) is 4. The van der Waals surface area contributed by atoms with Crippen molar-refractivity contribution in [2.75, 3.05) is 12.4 Å². The Morgan fingerprint density at radius 1 is 1.15 bits per heavy atom. The van der Waals surface area contributed by atoms with E-state index >= 15 is 0 Å². The molecule has 5 heteroatoms. The van der Waals surface area contributed by atoms with Gasteiger partial charge in [0.1, 0.15) is 5.75 Å². The van der Waals surface area contributed by atoms with Crippen molar-refractivity contribution in [1.29, 1.82) is 0 Å². The van der Waals surface area contributed by atoms with Gasteiger partial charge < -0.3 is 10.5 Å². The van der Waals surface area contributed by atoms with Gasteiger partial charge in [0, 0.05) is 23.0 Å². The van der Waals surface area contributed by atoms with Gasteiger partial charge in [0.2, 0.25) is 0 Å². The van der Waals surface area contributed by atoms with Crippen LogP contribution in [0.1, 0.15) is 12.0 Å². The van der Waals surface area contributed by atoms with E-state index in [4.69, 9.17) is 10.5 Å². The molecule has 2 rings (SSSR count). The molecule has 0 aliphatic carbocycles. The maximum absolute atomic E-state index is 5.68. The summed E-state index contributed by atoms with van der Waals surface area (Å²) in [6, 6.07) is 11.9. The van der Waals surface area contributed by atoms with Gasteiger partial charge in [-0.05, 0) is 52.2 Å². The monoisotopic (exact) mass is 352 g/mol. The van der Waals surface area contributed by atoms with Crippen molar-refractivity contribution in [3.63, 3.8) is 0 Å². The lowest BCUT2D eigenvalue weighted by atomic mass is 10.2. The molecule has 1 aromatic heterocycles. The normalized spacial score (nSPS) is 10.5. The fraction of sp³-hybridized carbons (Fsp3) is 0.267. The molecule has 0 bridgehead atoms. The summed E-state index contributed by atoms with van der Waals surface area (Å²) in [5, 5.41) is 1.04. The number of ether oxygens (including phenoxy) is 1. The fourth-order valence-electron chi connectivity index (χ4n) is 1.60. The number of hydrogen-bond donors (Lipinski definition) is 1. The second-order valence-electron chi connectivity index (χ2n) is 4.21. The Morgan fingerprint density at radius 2 is 1.95 bits per heavy atom. The van der Waals surface area contributed by atoms with Gasteiger partial charge in [-0.1, -0.05) is 12.1 Å². The maximum atomic E-state index is 5.68. The molecule has 0 amide bonds. The van der Waals surface area contributed by atoms with Crippen LogP contribution in [0, 0.1) is 0 Å². The third kappa shape index (κ3) is 5.15.